The number of nitrogens with zero attached hydrogens (tertiary/aromatic N) is 3. The normalized spacial score (nSPS) is 18.7. The highest BCUT2D eigenvalue weighted by Gasteiger charge is 2.33. The van der Waals surface area contributed by atoms with Crippen LogP contribution in [0, 0.1) is 0 Å². The number of likely N-dealkylation sites (tertiary alicyclic amines) is 1. The van der Waals surface area contributed by atoms with Gasteiger partial charge in [-0.3, -0.25) is 0 Å². The molecule has 0 unspecified atom stereocenters. The molecule has 0 bridgehead atoms. The number of aliphatic imine (C=N–C) groups is 1. The molecule has 1 fully saturated rings. The van der Waals surface area contributed by atoms with Crippen LogP contribution in [-0.2, 0) is 6.54 Å². The molecule has 1 heterocycles. The molecule has 1 aromatic rings. The first-order valence-electron chi connectivity index (χ1n) is 8.28. The van der Waals surface area contributed by atoms with Crippen LogP contribution in [0.15, 0.2) is 35.3 Å². The van der Waals surface area contributed by atoms with Gasteiger partial charge >= 0.3 is 0 Å². The van der Waals surface area contributed by atoms with Gasteiger partial charge in [0.05, 0.1) is 6.54 Å². The largest absolute Gasteiger partial charge is 0.355 e. The Hall–Kier alpha value is -1.20. The summed E-state index contributed by atoms with van der Waals surface area (Å²) in [5, 5.41) is 3.60. The van der Waals surface area contributed by atoms with E-state index in [-0.39, 0.29) is 0 Å². The topological polar surface area (TPSA) is 30.9 Å². The molecule has 1 aliphatic rings. The fourth-order valence-electron chi connectivity index (χ4n) is 2.82. The van der Waals surface area contributed by atoms with Gasteiger partial charge < -0.3 is 15.1 Å². The molecule has 1 N–H and O–H groups in total. The average Bonchev–Trinajstić information content (AvgIpc) is 2.57. The summed E-state index contributed by atoms with van der Waals surface area (Å²) in [5.74, 6) is 0.973. The van der Waals surface area contributed by atoms with Crippen LogP contribution in [0.5, 0.6) is 0 Å². The van der Waals surface area contributed by atoms with Gasteiger partial charge in [0.25, 0.3) is 0 Å². The molecule has 0 aromatic heterocycles. The van der Waals surface area contributed by atoms with Crippen molar-refractivity contribution in [1.82, 2.24) is 15.1 Å². The summed E-state index contributed by atoms with van der Waals surface area (Å²) in [4.78, 5) is 9.27. The minimum absolute atomic E-state index is 0.329. The quantitative estimate of drug-likeness (QED) is 0.662. The van der Waals surface area contributed by atoms with E-state index in [0.717, 1.165) is 19.0 Å². The second-order valence-corrected chi connectivity index (χ2v) is 7.84. The summed E-state index contributed by atoms with van der Waals surface area (Å²) < 4.78 is 0.329. The molecule has 0 spiro atoms. The second-order valence-electron chi connectivity index (χ2n) is 6.56. The third kappa shape index (κ3) is 5.43. The number of thioether (sulfide) groups is 1. The summed E-state index contributed by atoms with van der Waals surface area (Å²) in [6.45, 7) is 4.06. The van der Waals surface area contributed by atoms with Crippen LogP contribution in [-0.4, -0.2) is 67.5 Å². The van der Waals surface area contributed by atoms with Crippen LogP contribution in [0.25, 0.3) is 0 Å². The Morgan fingerprint density at radius 2 is 1.91 bits per heavy atom. The SMILES string of the molecule is CSC1(CNC(=NCc2ccccc2)N(C)C)CCN(C)CC1. The highest BCUT2D eigenvalue weighted by molar-refractivity contribution is 8.00. The number of benzene rings is 1. The molecular formula is C18H30N4S. The van der Waals surface area contributed by atoms with Gasteiger partial charge in [-0.05, 0) is 44.8 Å². The fraction of sp³-hybridized carbons (Fsp3) is 0.611. The van der Waals surface area contributed by atoms with E-state index in [4.69, 9.17) is 4.99 Å². The zero-order valence-electron chi connectivity index (χ0n) is 14.9. The highest BCUT2D eigenvalue weighted by Crippen LogP contribution is 2.33. The number of guanidine groups is 1. The van der Waals surface area contributed by atoms with Gasteiger partial charge in [-0.25, -0.2) is 4.99 Å². The Morgan fingerprint density at radius 3 is 2.48 bits per heavy atom. The predicted octanol–water partition coefficient (Wildman–Crippen LogP) is 2.52. The van der Waals surface area contributed by atoms with E-state index in [0.29, 0.717) is 4.75 Å². The predicted molar refractivity (Wildman–Crippen MR) is 102 cm³/mol. The molecule has 0 amide bonds. The number of nitrogens with one attached hydrogen (secondary N) is 1. The Morgan fingerprint density at radius 1 is 1.26 bits per heavy atom. The van der Waals surface area contributed by atoms with Gasteiger partial charge in [0.1, 0.15) is 0 Å². The van der Waals surface area contributed by atoms with Crippen molar-refractivity contribution >= 4 is 17.7 Å². The molecule has 0 saturated carbocycles. The lowest BCUT2D eigenvalue weighted by Crippen LogP contribution is -2.50. The zero-order chi connectivity index (χ0) is 16.7. The van der Waals surface area contributed by atoms with Gasteiger partial charge in [0.2, 0.25) is 0 Å². The summed E-state index contributed by atoms with van der Waals surface area (Å²) in [7, 11) is 6.32. The summed E-state index contributed by atoms with van der Waals surface area (Å²) in [6.07, 6.45) is 4.71. The molecule has 1 saturated heterocycles. The molecular weight excluding hydrogens is 304 g/mol. The van der Waals surface area contributed by atoms with E-state index in [2.05, 4.69) is 66.8 Å². The maximum Gasteiger partial charge on any atom is 0.193 e. The third-order valence-electron chi connectivity index (χ3n) is 4.58. The van der Waals surface area contributed by atoms with Gasteiger partial charge in [0.15, 0.2) is 5.96 Å². The lowest BCUT2D eigenvalue weighted by atomic mass is 9.96. The van der Waals surface area contributed by atoms with Crippen molar-refractivity contribution in [1.29, 1.82) is 0 Å². The first-order valence-corrected chi connectivity index (χ1v) is 9.50. The second kappa shape index (κ2) is 8.60. The van der Waals surface area contributed by atoms with Gasteiger partial charge in [-0.15, -0.1) is 0 Å². The van der Waals surface area contributed by atoms with Crippen LogP contribution in [0.1, 0.15) is 18.4 Å². The molecule has 1 aromatic carbocycles. The van der Waals surface area contributed by atoms with Crippen LogP contribution >= 0.6 is 11.8 Å². The van der Waals surface area contributed by atoms with Crippen molar-refractivity contribution in [2.75, 3.05) is 47.0 Å². The lowest BCUT2D eigenvalue weighted by molar-refractivity contribution is 0.238. The summed E-state index contributed by atoms with van der Waals surface area (Å²) >= 11 is 2.00. The molecule has 128 valence electrons. The first-order chi connectivity index (χ1) is 11.0. The summed E-state index contributed by atoms with van der Waals surface area (Å²) in [6, 6.07) is 10.4. The smallest absolute Gasteiger partial charge is 0.193 e. The maximum atomic E-state index is 4.77. The minimum Gasteiger partial charge on any atom is -0.355 e. The van der Waals surface area contributed by atoms with E-state index >= 15 is 0 Å². The van der Waals surface area contributed by atoms with Crippen LogP contribution in [0.4, 0.5) is 0 Å². The van der Waals surface area contributed by atoms with E-state index in [1.807, 2.05) is 17.8 Å². The number of rotatable bonds is 5. The Bertz CT molecular complexity index is 493. The molecule has 0 aliphatic carbocycles. The van der Waals surface area contributed by atoms with E-state index in [9.17, 15) is 0 Å². The van der Waals surface area contributed by atoms with Gasteiger partial charge in [0, 0.05) is 25.4 Å². The van der Waals surface area contributed by atoms with Crippen LogP contribution in [0.2, 0.25) is 0 Å². The molecule has 23 heavy (non-hydrogen) atoms. The Kier molecular flexibility index (Phi) is 6.78. The number of hydrogen-bond acceptors (Lipinski definition) is 3. The molecule has 5 heteroatoms. The highest BCUT2D eigenvalue weighted by atomic mass is 32.2. The van der Waals surface area contributed by atoms with Crippen molar-refractivity contribution in [3.05, 3.63) is 35.9 Å². The zero-order valence-corrected chi connectivity index (χ0v) is 15.7. The van der Waals surface area contributed by atoms with E-state index in [1.54, 1.807) is 0 Å². The minimum atomic E-state index is 0.329. The molecule has 4 nitrogen and oxygen atoms in total. The fourth-order valence-corrected chi connectivity index (χ4v) is 3.63. The molecule has 0 atom stereocenters. The van der Waals surface area contributed by atoms with Crippen LogP contribution < -0.4 is 5.32 Å². The van der Waals surface area contributed by atoms with E-state index < -0.39 is 0 Å². The van der Waals surface area contributed by atoms with Gasteiger partial charge in [-0.1, -0.05) is 30.3 Å². The number of hydrogen-bond donors (Lipinski definition) is 1. The van der Waals surface area contributed by atoms with Gasteiger partial charge in [-0.2, -0.15) is 11.8 Å². The number of piperidine rings is 1. The Labute approximate surface area is 145 Å². The molecule has 1 aliphatic heterocycles. The van der Waals surface area contributed by atoms with Crippen molar-refractivity contribution in [3.8, 4) is 0 Å². The monoisotopic (exact) mass is 334 g/mol. The standard InChI is InChI=1S/C18H30N4S/c1-21(2)17(19-14-16-8-6-5-7-9-16)20-15-18(23-4)10-12-22(3)13-11-18/h5-9H,10-15H2,1-4H3,(H,19,20). The third-order valence-corrected chi connectivity index (χ3v) is 6.00. The first kappa shape index (κ1) is 18.1. The van der Waals surface area contributed by atoms with Crippen molar-refractivity contribution in [2.24, 2.45) is 4.99 Å². The lowest BCUT2D eigenvalue weighted by Gasteiger charge is -2.40. The summed E-state index contributed by atoms with van der Waals surface area (Å²) in [5.41, 5.74) is 1.24. The maximum absolute atomic E-state index is 4.77. The van der Waals surface area contributed by atoms with Crippen molar-refractivity contribution < 1.29 is 0 Å². The van der Waals surface area contributed by atoms with Crippen molar-refractivity contribution in [2.45, 2.75) is 24.1 Å². The average molecular weight is 335 g/mol. The van der Waals surface area contributed by atoms with Crippen LogP contribution in [0.3, 0.4) is 0 Å². The Balaban J connectivity index is 1.96. The van der Waals surface area contributed by atoms with E-state index in [1.165, 1.54) is 31.5 Å². The van der Waals surface area contributed by atoms with Crippen molar-refractivity contribution in [3.63, 3.8) is 0 Å². The molecule has 2 rings (SSSR count). The molecule has 0 radical (unpaired) electrons.